The molecule has 5 nitrogen and oxygen atoms in total. The van der Waals surface area contributed by atoms with Gasteiger partial charge in [-0.25, -0.2) is 0 Å². The number of likely N-dealkylation sites (N-methyl/N-ethyl adjacent to an activating group) is 1. The predicted molar refractivity (Wildman–Crippen MR) is 71.6 cm³/mol. The lowest BCUT2D eigenvalue weighted by Crippen LogP contribution is -2.43. The number of nitrogens with zero attached hydrogens (tertiary/aromatic N) is 2. The van der Waals surface area contributed by atoms with Crippen molar-refractivity contribution < 1.29 is 14.7 Å². The zero-order chi connectivity index (χ0) is 14.0. The van der Waals surface area contributed by atoms with E-state index in [0.29, 0.717) is 24.9 Å². The van der Waals surface area contributed by atoms with E-state index in [4.69, 9.17) is 5.11 Å². The van der Waals surface area contributed by atoms with Gasteiger partial charge in [0.05, 0.1) is 0 Å². The highest BCUT2D eigenvalue weighted by molar-refractivity contribution is 5.84. The highest BCUT2D eigenvalue weighted by Gasteiger charge is 2.41. The Morgan fingerprint density at radius 3 is 2.42 bits per heavy atom. The van der Waals surface area contributed by atoms with Crippen LogP contribution in [0.5, 0.6) is 0 Å². The summed E-state index contributed by atoms with van der Waals surface area (Å²) < 4.78 is 0. The number of carbonyl (C=O) groups is 2. The average molecular weight is 266 g/mol. The molecule has 2 aliphatic carbocycles. The molecule has 0 radical (unpaired) electrons. The van der Waals surface area contributed by atoms with Gasteiger partial charge < -0.3 is 14.9 Å². The van der Waals surface area contributed by atoms with Gasteiger partial charge in [-0.05, 0) is 38.8 Å². The summed E-state index contributed by atoms with van der Waals surface area (Å²) in [6.45, 7) is 0.982. The number of fused-ring (bicyclic) bond motifs is 2. The van der Waals surface area contributed by atoms with E-state index in [2.05, 4.69) is 12.2 Å². The molecule has 2 aliphatic rings. The SMILES string of the molecule is CN(C)CCN(CC(=O)O)C(=O)C1CC2C=CC1C2. The Balaban J connectivity index is 1.98. The standard InChI is InChI=1S/C14H22N2O3/c1-15(2)5-6-16(9-13(17)18)14(19)12-8-10-3-4-11(12)7-10/h3-4,10-12H,5-9H2,1-2H3,(H,17,18). The van der Waals surface area contributed by atoms with E-state index in [9.17, 15) is 9.59 Å². The van der Waals surface area contributed by atoms with Crippen LogP contribution < -0.4 is 0 Å². The molecule has 1 N–H and O–H groups in total. The third kappa shape index (κ3) is 3.35. The minimum absolute atomic E-state index is 0.00323. The van der Waals surface area contributed by atoms with Crippen LogP contribution in [0.2, 0.25) is 0 Å². The molecular weight excluding hydrogens is 244 g/mol. The van der Waals surface area contributed by atoms with Gasteiger partial charge in [-0.1, -0.05) is 12.2 Å². The lowest BCUT2D eigenvalue weighted by molar-refractivity contribution is -0.146. The third-order valence-corrected chi connectivity index (χ3v) is 4.05. The second-order valence-electron chi connectivity index (χ2n) is 5.84. The topological polar surface area (TPSA) is 60.9 Å². The Morgan fingerprint density at radius 2 is 1.95 bits per heavy atom. The summed E-state index contributed by atoms with van der Waals surface area (Å²) in [5, 5.41) is 8.95. The Bertz CT molecular complexity index is 392. The number of amides is 1. The molecule has 0 aromatic carbocycles. The van der Waals surface area contributed by atoms with Gasteiger partial charge in [-0.3, -0.25) is 9.59 Å². The first-order chi connectivity index (χ1) is 8.97. The van der Waals surface area contributed by atoms with Crippen LogP contribution in [0.3, 0.4) is 0 Å². The molecule has 2 rings (SSSR count). The summed E-state index contributed by atoms with van der Waals surface area (Å²) in [6.07, 6.45) is 6.26. The molecule has 5 heteroatoms. The van der Waals surface area contributed by atoms with Crippen LogP contribution in [0.4, 0.5) is 0 Å². The zero-order valence-corrected chi connectivity index (χ0v) is 11.6. The molecule has 1 fully saturated rings. The van der Waals surface area contributed by atoms with Crippen LogP contribution in [-0.2, 0) is 9.59 Å². The predicted octanol–water partition coefficient (Wildman–Crippen LogP) is 0.673. The van der Waals surface area contributed by atoms with Crippen LogP contribution in [0, 0.1) is 17.8 Å². The van der Waals surface area contributed by atoms with Gasteiger partial charge in [0.2, 0.25) is 5.91 Å². The molecule has 0 spiro atoms. The van der Waals surface area contributed by atoms with Gasteiger partial charge in [0.15, 0.2) is 0 Å². The Labute approximate surface area is 113 Å². The van der Waals surface area contributed by atoms with Gasteiger partial charge in [-0.2, -0.15) is 0 Å². The molecule has 3 atom stereocenters. The molecule has 0 saturated heterocycles. The average Bonchev–Trinajstić information content (AvgIpc) is 2.95. The van der Waals surface area contributed by atoms with Gasteiger partial charge >= 0.3 is 5.97 Å². The van der Waals surface area contributed by atoms with Gasteiger partial charge in [0.1, 0.15) is 6.54 Å². The van der Waals surface area contributed by atoms with E-state index in [-0.39, 0.29) is 18.4 Å². The minimum atomic E-state index is -0.939. The lowest BCUT2D eigenvalue weighted by Gasteiger charge is -2.28. The molecule has 0 aliphatic heterocycles. The molecule has 106 valence electrons. The fourth-order valence-electron chi connectivity index (χ4n) is 3.05. The van der Waals surface area contributed by atoms with Crippen LogP contribution in [0.25, 0.3) is 0 Å². The fourth-order valence-corrected chi connectivity index (χ4v) is 3.05. The van der Waals surface area contributed by atoms with Crippen molar-refractivity contribution in [3.05, 3.63) is 12.2 Å². The molecule has 3 unspecified atom stereocenters. The van der Waals surface area contributed by atoms with Gasteiger partial charge in [0, 0.05) is 19.0 Å². The third-order valence-electron chi connectivity index (χ3n) is 4.05. The fraction of sp³-hybridized carbons (Fsp3) is 0.714. The number of carboxylic acids is 1. The van der Waals surface area contributed by atoms with Gasteiger partial charge in [0.25, 0.3) is 0 Å². The largest absolute Gasteiger partial charge is 0.480 e. The van der Waals surface area contributed by atoms with Crippen molar-refractivity contribution in [1.82, 2.24) is 9.80 Å². The van der Waals surface area contributed by atoms with Crippen molar-refractivity contribution in [2.75, 3.05) is 33.7 Å². The smallest absolute Gasteiger partial charge is 0.323 e. The molecule has 1 saturated carbocycles. The van der Waals surface area contributed by atoms with Crippen molar-refractivity contribution in [1.29, 1.82) is 0 Å². The molecule has 19 heavy (non-hydrogen) atoms. The molecular formula is C14H22N2O3. The summed E-state index contributed by atoms with van der Waals surface area (Å²) in [6, 6.07) is 0. The van der Waals surface area contributed by atoms with Crippen LogP contribution in [0.1, 0.15) is 12.8 Å². The Hall–Kier alpha value is -1.36. The first-order valence-corrected chi connectivity index (χ1v) is 6.81. The lowest BCUT2D eigenvalue weighted by atomic mass is 9.92. The van der Waals surface area contributed by atoms with Crippen molar-refractivity contribution >= 4 is 11.9 Å². The monoisotopic (exact) mass is 266 g/mol. The number of hydrogen-bond donors (Lipinski definition) is 1. The number of rotatable bonds is 6. The van der Waals surface area contributed by atoms with Gasteiger partial charge in [-0.15, -0.1) is 0 Å². The van der Waals surface area contributed by atoms with Crippen molar-refractivity contribution in [3.63, 3.8) is 0 Å². The summed E-state index contributed by atoms with van der Waals surface area (Å²) >= 11 is 0. The van der Waals surface area contributed by atoms with Crippen molar-refractivity contribution in [2.45, 2.75) is 12.8 Å². The number of aliphatic carboxylic acids is 1. The van der Waals surface area contributed by atoms with E-state index >= 15 is 0 Å². The van der Waals surface area contributed by atoms with E-state index in [1.165, 1.54) is 4.90 Å². The van der Waals surface area contributed by atoms with Crippen LogP contribution >= 0.6 is 0 Å². The van der Waals surface area contributed by atoms with E-state index in [1.54, 1.807) is 0 Å². The van der Waals surface area contributed by atoms with Crippen LogP contribution in [-0.4, -0.2) is 60.5 Å². The first kappa shape index (κ1) is 14.1. The Morgan fingerprint density at radius 1 is 1.21 bits per heavy atom. The molecule has 1 amide bonds. The molecule has 2 bridgehead atoms. The van der Waals surface area contributed by atoms with Crippen molar-refractivity contribution in [3.8, 4) is 0 Å². The van der Waals surface area contributed by atoms with Crippen LogP contribution in [0.15, 0.2) is 12.2 Å². The number of allylic oxidation sites excluding steroid dienone is 2. The highest BCUT2D eigenvalue weighted by Crippen LogP contribution is 2.44. The van der Waals surface area contributed by atoms with E-state index in [1.807, 2.05) is 19.0 Å². The summed E-state index contributed by atoms with van der Waals surface area (Å²) in [4.78, 5) is 26.9. The highest BCUT2D eigenvalue weighted by atomic mass is 16.4. The second kappa shape index (κ2) is 5.74. The van der Waals surface area contributed by atoms with E-state index in [0.717, 1.165) is 12.8 Å². The maximum Gasteiger partial charge on any atom is 0.323 e. The minimum Gasteiger partial charge on any atom is -0.480 e. The molecule has 0 aromatic heterocycles. The summed E-state index contributed by atoms with van der Waals surface area (Å²) in [5.74, 6) is -0.0731. The second-order valence-corrected chi connectivity index (χ2v) is 5.84. The maximum atomic E-state index is 12.5. The van der Waals surface area contributed by atoms with Crippen molar-refractivity contribution in [2.24, 2.45) is 17.8 Å². The quantitative estimate of drug-likeness (QED) is 0.718. The summed E-state index contributed by atoms with van der Waals surface area (Å²) in [5.41, 5.74) is 0. The number of hydrogen-bond acceptors (Lipinski definition) is 3. The van der Waals surface area contributed by atoms with E-state index < -0.39 is 5.97 Å². The normalized spacial score (nSPS) is 28.1. The number of carboxylic acid groups (broad SMARTS) is 1. The molecule has 0 heterocycles. The summed E-state index contributed by atoms with van der Waals surface area (Å²) in [7, 11) is 3.84. The maximum absolute atomic E-state index is 12.5. The first-order valence-electron chi connectivity index (χ1n) is 6.81. The number of carbonyl (C=O) groups excluding carboxylic acids is 1. The molecule has 0 aromatic rings. The Kier molecular flexibility index (Phi) is 4.24. The zero-order valence-electron chi connectivity index (χ0n) is 11.6.